The summed E-state index contributed by atoms with van der Waals surface area (Å²) in [7, 11) is 0. The van der Waals surface area contributed by atoms with Crippen molar-refractivity contribution in [2.24, 2.45) is 0 Å². The van der Waals surface area contributed by atoms with Crippen molar-refractivity contribution >= 4 is 17.5 Å². The van der Waals surface area contributed by atoms with Crippen molar-refractivity contribution in [3.05, 3.63) is 66.7 Å². The van der Waals surface area contributed by atoms with Crippen LogP contribution in [0.5, 0.6) is 11.5 Å². The molecule has 6 nitrogen and oxygen atoms in total. The molecule has 2 N–H and O–H groups in total. The molecule has 0 saturated carbocycles. The lowest BCUT2D eigenvalue weighted by atomic mass is 10.1. The van der Waals surface area contributed by atoms with Gasteiger partial charge in [-0.15, -0.1) is 0 Å². The van der Waals surface area contributed by atoms with E-state index in [0.717, 1.165) is 11.8 Å². The van der Waals surface area contributed by atoms with Gasteiger partial charge in [-0.3, -0.25) is 9.59 Å². The first-order valence-electron chi connectivity index (χ1n) is 8.34. The van der Waals surface area contributed by atoms with Gasteiger partial charge in [-0.05, 0) is 36.4 Å². The number of nitrogens with zero attached hydrogens (tertiary/aromatic N) is 1. The molecule has 1 fully saturated rings. The van der Waals surface area contributed by atoms with Crippen LogP contribution in [0, 0.1) is 0 Å². The third-order valence-corrected chi connectivity index (χ3v) is 4.16. The molecule has 26 heavy (non-hydrogen) atoms. The minimum Gasteiger partial charge on any atom is -0.507 e. The maximum absolute atomic E-state index is 12.8. The van der Waals surface area contributed by atoms with Crippen LogP contribution in [0.25, 0.3) is 0 Å². The maximum atomic E-state index is 12.8. The summed E-state index contributed by atoms with van der Waals surface area (Å²) >= 11 is 0. The number of benzene rings is 2. The molecule has 2 aromatic carbocycles. The lowest BCUT2D eigenvalue weighted by Gasteiger charge is -2.18. The average molecular weight is 352 g/mol. The van der Waals surface area contributed by atoms with E-state index in [1.165, 1.54) is 18.2 Å². The molecule has 1 saturated heterocycles. The van der Waals surface area contributed by atoms with Crippen LogP contribution < -0.4 is 10.1 Å². The van der Waals surface area contributed by atoms with E-state index in [1.807, 2.05) is 30.3 Å². The topological polar surface area (TPSA) is 78.9 Å². The molecule has 0 aromatic heterocycles. The summed E-state index contributed by atoms with van der Waals surface area (Å²) in [6.07, 6.45) is 1.77. The number of ether oxygens (including phenoxy) is 1. The van der Waals surface area contributed by atoms with Crippen LogP contribution in [0.1, 0.15) is 16.8 Å². The molecule has 0 unspecified atom stereocenters. The molecule has 1 heterocycles. The van der Waals surface area contributed by atoms with Crippen molar-refractivity contribution in [1.82, 2.24) is 4.90 Å². The fraction of sp³-hybridized carbons (Fsp3) is 0.200. The number of aromatic hydroxyl groups is 1. The van der Waals surface area contributed by atoms with E-state index in [1.54, 1.807) is 4.90 Å². The van der Waals surface area contributed by atoms with E-state index in [-0.39, 0.29) is 29.2 Å². The van der Waals surface area contributed by atoms with Gasteiger partial charge in [0.1, 0.15) is 17.6 Å². The van der Waals surface area contributed by atoms with E-state index in [0.29, 0.717) is 25.2 Å². The summed E-state index contributed by atoms with van der Waals surface area (Å²) in [6, 6.07) is 13.8. The quantitative estimate of drug-likeness (QED) is 0.641. The monoisotopic (exact) mass is 352 g/mol. The predicted octanol–water partition coefficient (Wildman–Crippen LogP) is 2.81. The second-order valence-electron chi connectivity index (χ2n) is 6.02. The first-order valence-corrected chi connectivity index (χ1v) is 8.34. The molecule has 6 heteroatoms. The number of rotatable bonds is 5. The molecule has 0 aliphatic carbocycles. The molecule has 2 amide bonds. The molecule has 0 bridgehead atoms. The van der Waals surface area contributed by atoms with E-state index in [9.17, 15) is 14.7 Å². The Morgan fingerprint density at radius 1 is 1.23 bits per heavy atom. The van der Waals surface area contributed by atoms with E-state index in [2.05, 4.69) is 11.9 Å². The van der Waals surface area contributed by atoms with Crippen molar-refractivity contribution in [2.45, 2.75) is 12.5 Å². The van der Waals surface area contributed by atoms with Gasteiger partial charge >= 0.3 is 0 Å². The van der Waals surface area contributed by atoms with Crippen molar-refractivity contribution in [2.75, 3.05) is 18.4 Å². The summed E-state index contributed by atoms with van der Waals surface area (Å²) in [4.78, 5) is 25.8. The highest BCUT2D eigenvalue weighted by Gasteiger charge is 2.29. The van der Waals surface area contributed by atoms with Gasteiger partial charge in [-0.25, -0.2) is 0 Å². The van der Waals surface area contributed by atoms with Crippen LogP contribution in [0.3, 0.4) is 0 Å². The molecule has 2 aromatic rings. The van der Waals surface area contributed by atoms with Crippen LogP contribution in [-0.4, -0.2) is 41.0 Å². The lowest BCUT2D eigenvalue weighted by molar-refractivity contribution is -0.111. The summed E-state index contributed by atoms with van der Waals surface area (Å²) in [5, 5.41) is 12.6. The number of likely N-dealkylation sites (tertiary alicyclic amines) is 1. The SMILES string of the molecule is C=CC(=O)Nc1ccc(O)c(C(=O)N2CC[C@@H](Oc3ccccc3)C2)c1. The van der Waals surface area contributed by atoms with Crippen LogP contribution in [0.15, 0.2) is 61.2 Å². The molecular formula is C20H20N2O4. The number of anilines is 1. The number of hydrogen-bond acceptors (Lipinski definition) is 4. The second kappa shape index (κ2) is 7.74. The molecule has 0 spiro atoms. The smallest absolute Gasteiger partial charge is 0.257 e. The third kappa shape index (κ3) is 4.03. The van der Waals surface area contributed by atoms with Gasteiger partial charge < -0.3 is 20.1 Å². The average Bonchev–Trinajstić information content (AvgIpc) is 3.12. The van der Waals surface area contributed by atoms with Gasteiger partial charge in [0, 0.05) is 18.7 Å². The van der Waals surface area contributed by atoms with Crippen molar-refractivity contribution < 1.29 is 19.4 Å². The van der Waals surface area contributed by atoms with Gasteiger partial charge in [0.05, 0.1) is 12.1 Å². The third-order valence-electron chi connectivity index (χ3n) is 4.16. The summed E-state index contributed by atoms with van der Waals surface area (Å²) < 4.78 is 5.89. The fourth-order valence-electron chi connectivity index (χ4n) is 2.85. The zero-order valence-corrected chi connectivity index (χ0v) is 14.2. The largest absolute Gasteiger partial charge is 0.507 e. The number of amides is 2. The molecular weight excluding hydrogens is 332 g/mol. The Morgan fingerprint density at radius 2 is 2.00 bits per heavy atom. The van der Waals surface area contributed by atoms with E-state index >= 15 is 0 Å². The molecule has 134 valence electrons. The molecule has 1 aliphatic heterocycles. The Balaban J connectivity index is 1.68. The first kappa shape index (κ1) is 17.5. The van der Waals surface area contributed by atoms with Gasteiger partial charge in [0.2, 0.25) is 5.91 Å². The highest BCUT2D eigenvalue weighted by atomic mass is 16.5. The number of para-hydroxylation sites is 1. The lowest BCUT2D eigenvalue weighted by Crippen LogP contribution is -2.31. The Morgan fingerprint density at radius 3 is 2.73 bits per heavy atom. The van der Waals surface area contributed by atoms with Gasteiger partial charge in [-0.1, -0.05) is 24.8 Å². The number of phenols is 1. The van der Waals surface area contributed by atoms with Crippen LogP contribution in [-0.2, 0) is 4.79 Å². The van der Waals surface area contributed by atoms with Gasteiger partial charge in [0.15, 0.2) is 0 Å². The maximum Gasteiger partial charge on any atom is 0.257 e. The summed E-state index contributed by atoms with van der Waals surface area (Å²) in [5.41, 5.74) is 0.569. The normalized spacial score (nSPS) is 16.2. The minimum atomic E-state index is -0.383. The zero-order chi connectivity index (χ0) is 18.5. The predicted molar refractivity (Wildman–Crippen MR) is 98.3 cm³/mol. The molecule has 1 atom stereocenters. The van der Waals surface area contributed by atoms with Crippen molar-refractivity contribution in [3.8, 4) is 11.5 Å². The number of carbonyl (C=O) groups excluding carboxylic acids is 2. The summed E-state index contributed by atoms with van der Waals surface area (Å²) in [5.74, 6) is -0.0363. The first-order chi connectivity index (χ1) is 12.6. The Labute approximate surface area is 151 Å². The number of carbonyl (C=O) groups is 2. The molecule has 1 aliphatic rings. The fourth-order valence-corrected chi connectivity index (χ4v) is 2.85. The van der Waals surface area contributed by atoms with E-state index in [4.69, 9.17) is 4.74 Å². The van der Waals surface area contributed by atoms with Crippen LogP contribution >= 0.6 is 0 Å². The number of hydrogen-bond donors (Lipinski definition) is 2. The Hall–Kier alpha value is -3.28. The van der Waals surface area contributed by atoms with E-state index < -0.39 is 0 Å². The van der Waals surface area contributed by atoms with Gasteiger partial charge in [0.25, 0.3) is 5.91 Å². The highest BCUT2D eigenvalue weighted by molar-refractivity contribution is 6.02. The van der Waals surface area contributed by atoms with Crippen molar-refractivity contribution in [1.29, 1.82) is 0 Å². The van der Waals surface area contributed by atoms with Crippen molar-refractivity contribution in [3.63, 3.8) is 0 Å². The Kier molecular flexibility index (Phi) is 5.22. The molecule has 3 rings (SSSR count). The zero-order valence-electron chi connectivity index (χ0n) is 14.2. The standard InChI is InChI=1S/C20H20N2O4/c1-2-19(24)21-14-8-9-18(23)17(12-14)20(25)22-11-10-16(13-22)26-15-6-4-3-5-7-15/h2-9,12,16,23H,1,10-11,13H2,(H,21,24)/t16-/m1/s1. The summed E-state index contributed by atoms with van der Waals surface area (Å²) in [6.45, 7) is 4.37. The van der Waals surface area contributed by atoms with Crippen LogP contribution in [0.4, 0.5) is 5.69 Å². The molecule has 0 radical (unpaired) electrons. The number of nitrogens with one attached hydrogen (secondary N) is 1. The highest BCUT2D eigenvalue weighted by Crippen LogP contribution is 2.26. The number of phenolic OH excluding ortho intramolecular Hbond substituents is 1. The minimum absolute atomic E-state index is 0.0906. The second-order valence-corrected chi connectivity index (χ2v) is 6.02. The van der Waals surface area contributed by atoms with Crippen LogP contribution in [0.2, 0.25) is 0 Å². The van der Waals surface area contributed by atoms with Gasteiger partial charge in [-0.2, -0.15) is 0 Å². The Bertz CT molecular complexity index is 820.